The lowest BCUT2D eigenvalue weighted by Gasteiger charge is -2.08. The summed E-state index contributed by atoms with van der Waals surface area (Å²) in [6.45, 7) is 4.26. The van der Waals surface area contributed by atoms with Crippen LogP contribution in [0.15, 0.2) is 59.3 Å². The van der Waals surface area contributed by atoms with Crippen molar-refractivity contribution in [2.24, 2.45) is 0 Å². The van der Waals surface area contributed by atoms with Crippen LogP contribution in [-0.4, -0.2) is 18.0 Å². The molecule has 0 unspecified atom stereocenters. The number of aromatic nitrogens is 1. The average molecular weight is 336 g/mol. The van der Waals surface area contributed by atoms with E-state index in [-0.39, 0.29) is 11.6 Å². The number of hydrogen-bond acceptors (Lipinski definition) is 4. The summed E-state index contributed by atoms with van der Waals surface area (Å²) < 4.78 is 10.6. The van der Waals surface area contributed by atoms with Crippen LogP contribution in [0.2, 0.25) is 0 Å². The van der Waals surface area contributed by atoms with Crippen molar-refractivity contribution < 1.29 is 13.9 Å². The van der Waals surface area contributed by atoms with Gasteiger partial charge >= 0.3 is 0 Å². The Bertz CT molecular complexity index is 849. The minimum absolute atomic E-state index is 0.248. The van der Waals surface area contributed by atoms with E-state index in [9.17, 15) is 4.79 Å². The summed E-state index contributed by atoms with van der Waals surface area (Å²) in [7, 11) is 1.60. The van der Waals surface area contributed by atoms with E-state index in [1.807, 2.05) is 48.5 Å². The van der Waals surface area contributed by atoms with Crippen molar-refractivity contribution in [1.82, 2.24) is 4.98 Å². The summed E-state index contributed by atoms with van der Waals surface area (Å²) >= 11 is 0. The zero-order valence-electron chi connectivity index (χ0n) is 14.4. The predicted molar refractivity (Wildman–Crippen MR) is 97.0 cm³/mol. The zero-order valence-corrected chi connectivity index (χ0v) is 14.4. The molecule has 0 bridgehead atoms. The van der Waals surface area contributed by atoms with Crippen LogP contribution in [0.4, 0.5) is 5.69 Å². The Morgan fingerprint density at radius 3 is 2.36 bits per heavy atom. The van der Waals surface area contributed by atoms with Crippen LogP contribution in [0, 0.1) is 0 Å². The molecule has 128 valence electrons. The van der Waals surface area contributed by atoms with Gasteiger partial charge in [0.2, 0.25) is 0 Å². The molecule has 5 heteroatoms. The van der Waals surface area contributed by atoms with E-state index in [2.05, 4.69) is 24.1 Å². The van der Waals surface area contributed by atoms with Gasteiger partial charge in [-0.2, -0.15) is 0 Å². The third kappa shape index (κ3) is 3.71. The molecule has 3 aromatic rings. The third-order valence-corrected chi connectivity index (χ3v) is 3.97. The minimum Gasteiger partial charge on any atom is -0.497 e. The molecule has 2 aromatic carbocycles. The number of carbonyl (C=O) groups is 1. The summed E-state index contributed by atoms with van der Waals surface area (Å²) in [5.41, 5.74) is 2.95. The van der Waals surface area contributed by atoms with Crippen LogP contribution in [0.5, 0.6) is 5.75 Å². The molecule has 0 aliphatic rings. The fourth-order valence-corrected chi connectivity index (χ4v) is 2.50. The van der Waals surface area contributed by atoms with Crippen LogP contribution >= 0.6 is 0 Å². The first kappa shape index (κ1) is 16.8. The quantitative estimate of drug-likeness (QED) is 0.732. The van der Waals surface area contributed by atoms with Crippen LogP contribution in [0.1, 0.15) is 35.8 Å². The van der Waals surface area contributed by atoms with Crippen molar-refractivity contribution in [3.05, 3.63) is 66.2 Å². The fourth-order valence-electron chi connectivity index (χ4n) is 2.50. The lowest BCUT2D eigenvalue weighted by Crippen LogP contribution is -2.13. The second-order valence-corrected chi connectivity index (χ2v) is 5.99. The van der Waals surface area contributed by atoms with Crippen molar-refractivity contribution in [1.29, 1.82) is 0 Å². The zero-order chi connectivity index (χ0) is 17.8. The van der Waals surface area contributed by atoms with Gasteiger partial charge in [-0.15, -0.1) is 0 Å². The van der Waals surface area contributed by atoms with Crippen molar-refractivity contribution in [2.75, 3.05) is 12.4 Å². The number of methoxy groups -OCH3 is 1. The molecule has 0 fully saturated rings. The number of amides is 1. The van der Waals surface area contributed by atoms with E-state index in [1.165, 1.54) is 12.0 Å². The van der Waals surface area contributed by atoms with E-state index in [0.717, 1.165) is 17.0 Å². The van der Waals surface area contributed by atoms with Crippen LogP contribution in [-0.2, 0) is 0 Å². The van der Waals surface area contributed by atoms with Crippen LogP contribution in [0.3, 0.4) is 0 Å². The molecule has 1 heterocycles. The average Bonchev–Trinajstić information content (AvgIpc) is 3.12. The summed E-state index contributed by atoms with van der Waals surface area (Å²) in [4.78, 5) is 16.6. The number of hydrogen-bond donors (Lipinski definition) is 1. The standard InChI is InChI=1S/C20H20N2O3/c1-13(2)14-4-8-16(9-5-14)22-20(23)18-19(25-12-21-18)15-6-10-17(24-3)11-7-15/h4-13H,1-3H3,(H,22,23). The lowest BCUT2D eigenvalue weighted by atomic mass is 10.0. The summed E-state index contributed by atoms with van der Waals surface area (Å²) in [5.74, 6) is 1.30. The smallest absolute Gasteiger partial charge is 0.278 e. The van der Waals surface area contributed by atoms with Gasteiger partial charge in [-0.1, -0.05) is 26.0 Å². The maximum absolute atomic E-state index is 12.6. The molecule has 5 nitrogen and oxygen atoms in total. The lowest BCUT2D eigenvalue weighted by molar-refractivity contribution is 0.102. The van der Waals surface area contributed by atoms with Gasteiger partial charge in [-0.05, 0) is 47.9 Å². The van der Waals surface area contributed by atoms with E-state index in [4.69, 9.17) is 9.15 Å². The third-order valence-electron chi connectivity index (χ3n) is 3.97. The monoisotopic (exact) mass is 336 g/mol. The minimum atomic E-state index is -0.308. The summed E-state index contributed by atoms with van der Waals surface area (Å²) in [6.07, 6.45) is 1.27. The van der Waals surface area contributed by atoms with Gasteiger partial charge in [-0.3, -0.25) is 4.79 Å². The highest BCUT2D eigenvalue weighted by molar-refractivity contribution is 6.06. The van der Waals surface area contributed by atoms with Gasteiger partial charge in [0.25, 0.3) is 5.91 Å². The van der Waals surface area contributed by atoms with Gasteiger partial charge in [-0.25, -0.2) is 4.98 Å². The highest BCUT2D eigenvalue weighted by atomic mass is 16.5. The first-order chi connectivity index (χ1) is 12.1. The first-order valence-electron chi connectivity index (χ1n) is 8.07. The van der Waals surface area contributed by atoms with E-state index >= 15 is 0 Å². The first-order valence-corrected chi connectivity index (χ1v) is 8.07. The molecule has 0 saturated carbocycles. The molecule has 0 aliphatic carbocycles. The van der Waals surface area contributed by atoms with Gasteiger partial charge in [0, 0.05) is 11.3 Å². The number of anilines is 1. The van der Waals surface area contributed by atoms with Crippen molar-refractivity contribution in [3.63, 3.8) is 0 Å². The number of nitrogens with zero attached hydrogens (tertiary/aromatic N) is 1. The second kappa shape index (κ2) is 7.21. The highest BCUT2D eigenvalue weighted by Crippen LogP contribution is 2.26. The van der Waals surface area contributed by atoms with Gasteiger partial charge in [0.1, 0.15) is 5.75 Å². The molecule has 25 heavy (non-hydrogen) atoms. The molecule has 1 amide bonds. The number of benzene rings is 2. The molecule has 0 radical (unpaired) electrons. The Morgan fingerprint density at radius 1 is 1.08 bits per heavy atom. The molecule has 1 aromatic heterocycles. The van der Waals surface area contributed by atoms with Gasteiger partial charge in [0.15, 0.2) is 17.8 Å². The molecule has 3 rings (SSSR count). The molecule has 1 N–H and O–H groups in total. The molecule has 0 atom stereocenters. The number of rotatable bonds is 5. The Morgan fingerprint density at radius 2 is 1.76 bits per heavy atom. The molecular formula is C20H20N2O3. The van der Waals surface area contributed by atoms with Crippen molar-refractivity contribution >= 4 is 11.6 Å². The van der Waals surface area contributed by atoms with E-state index in [1.54, 1.807) is 7.11 Å². The van der Waals surface area contributed by atoms with Crippen LogP contribution in [0.25, 0.3) is 11.3 Å². The number of nitrogens with one attached hydrogen (secondary N) is 1. The van der Waals surface area contributed by atoms with E-state index < -0.39 is 0 Å². The number of oxazole rings is 1. The van der Waals surface area contributed by atoms with Crippen LogP contribution < -0.4 is 10.1 Å². The molecule has 0 aliphatic heterocycles. The number of ether oxygens (including phenoxy) is 1. The highest BCUT2D eigenvalue weighted by Gasteiger charge is 2.18. The maximum Gasteiger partial charge on any atom is 0.278 e. The maximum atomic E-state index is 12.6. The Hall–Kier alpha value is -3.08. The van der Waals surface area contributed by atoms with E-state index in [0.29, 0.717) is 11.7 Å². The van der Waals surface area contributed by atoms with Crippen molar-refractivity contribution in [3.8, 4) is 17.1 Å². The largest absolute Gasteiger partial charge is 0.497 e. The molecule has 0 saturated heterocycles. The SMILES string of the molecule is COc1ccc(-c2ocnc2C(=O)Nc2ccc(C(C)C)cc2)cc1. The van der Waals surface area contributed by atoms with Crippen molar-refractivity contribution in [2.45, 2.75) is 19.8 Å². The normalized spacial score (nSPS) is 10.7. The van der Waals surface area contributed by atoms with Gasteiger partial charge in [0.05, 0.1) is 7.11 Å². The topological polar surface area (TPSA) is 64.4 Å². The Labute approximate surface area is 146 Å². The number of carbonyl (C=O) groups excluding carboxylic acids is 1. The Kier molecular flexibility index (Phi) is 4.84. The summed E-state index contributed by atoms with van der Waals surface area (Å²) in [6, 6.07) is 15.1. The Balaban J connectivity index is 1.80. The second-order valence-electron chi connectivity index (χ2n) is 5.99. The fraction of sp³-hybridized carbons (Fsp3) is 0.200. The summed E-state index contributed by atoms with van der Waals surface area (Å²) in [5, 5.41) is 2.86. The molecule has 0 spiro atoms. The van der Waals surface area contributed by atoms with Gasteiger partial charge < -0.3 is 14.5 Å². The molecular weight excluding hydrogens is 316 g/mol. The predicted octanol–water partition coefficient (Wildman–Crippen LogP) is 4.73.